The molecule has 0 bridgehead atoms. The highest BCUT2D eigenvalue weighted by molar-refractivity contribution is 5.94. The third kappa shape index (κ3) is 3.35. The Labute approximate surface area is 126 Å². The molecule has 112 valence electrons. The number of fused-ring (bicyclic) bond motifs is 1. The van der Waals surface area contributed by atoms with E-state index in [4.69, 9.17) is 0 Å². The van der Waals surface area contributed by atoms with Crippen molar-refractivity contribution in [2.45, 2.75) is 27.2 Å². The quantitative estimate of drug-likeness (QED) is 0.866. The van der Waals surface area contributed by atoms with Gasteiger partial charge in [-0.05, 0) is 38.6 Å². The monoisotopic (exact) mass is 285 g/mol. The minimum Gasteiger partial charge on any atom is -0.481 e. The number of rotatable bonds is 6. The lowest BCUT2D eigenvalue weighted by Gasteiger charge is -2.28. The Morgan fingerprint density at radius 2 is 1.81 bits per heavy atom. The molecule has 0 saturated heterocycles. The summed E-state index contributed by atoms with van der Waals surface area (Å²) in [6, 6.07) is 14.6. The molecule has 0 aliphatic carbocycles. The van der Waals surface area contributed by atoms with E-state index in [1.54, 1.807) is 13.8 Å². The maximum atomic E-state index is 11.3. The zero-order valence-corrected chi connectivity index (χ0v) is 13.0. The van der Waals surface area contributed by atoms with Crippen molar-refractivity contribution in [2.24, 2.45) is 5.41 Å². The van der Waals surface area contributed by atoms with Gasteiger partial charge < -0.3 is 10.0 Å². The highest BCUT2D eigenvalue weighted by Gasteiger charge is 2.27. The minimum atomic E-state index is -0.739. The smallest absolute Gasteiger partial charge is 0.309 e. The van der Waals surface area contributed by atoms with Crippen molar-refractivity contribution in [3.05, 3.63) is 42.5 Å². The van der Waals surface area contributed by atoms with E-state index in [0.29, 0.717) is 6.42 Å². The maximum Gasteiger partial charge on any atom is 0.309 e. The van der Waals surface area contributed by atoms with Gasteiger partial charge in [0.1, 0.15) is 0 Å². The van der Waals surface area contributed by atoms with Crippen LogP contribution in [0, 0.1) is 5.41 Å². The van der Waals surface area contributed by atoms with Crippen LogP contribution in [0.1, 0.15) is 27.2 Å². The number of hydrogen-bond acceptors (Lipinski definition) is 2. The van der Waals surface area contributed by atoms with Crippen LogP contribution in [0.3, 0.4) is 0 Å². The summed E-state index contributed by atoms with van der Waals surface area (Å²) in [5.74, 6) is -0.739. The van der Waals surface area contributed by atoms with E-state index in [-0.39, 0.29) is 0 Å². The predicted molar refractivity (Wildman–Crippen MR) is 87.9 cm³/mol. The average Bonchev–Trinajstić information content (AvgIpc) is 2.47. The average molecular weight is 285 g/mol. The van der Waals surface area contributed by atoms with Crippen LogP contribution in [0.15, 0.2) is 42.5 Å². The van der Waals surface area contributed by atoms with Crippen LogP contribution in [-0.4, -0.2) is 24.2 Å². The summed E-state index contributed by atoms with van der Waals surface area (Å²) in [6.07, 6.45) is 0.624. The molecule has 21 heavy (non-hydrogen) atoms. The van der Waals surface area contributed by atoms with Gasteiger partial charge in [-0.1, -0.05) is 36.4 Å². The van der Waals surface area contributed by atoms with E-state index in [1.807, 2.05) is 12.1 Å². The molecule has 2 rings (SSSR count). The number of anilines is 1. The van der Waals surface area contributed by atoms with E-state index in [1.165, 1.54) is 16.5 Å². The van der Waals surface area contributed by atoms with Gasteiger partial charge in [0.25, 0.3) is 0 Å². The van der Waals surface area contributed by atoms with Gasteiger partial charge in [-0.3, -0.25) is 4.79 Å². The molecule has 0 aliphatic heterocycles. The lowest BCUT2D eigenvalue weighted by atomic mass is 9.89. The summed E-state index contributed by atoms with van der Waals surface area (Å²) in [7, 11) is 0. The number of carboxylic acids is 1. The molecule has 0 saturated carbocycles. The van der Waals surface area contributed by atoms with Crippen molar-refractivity contribution in [2.75, 3.05) is 18.0 Å². The van der Waals surface area contributed by atoms with Gasteiger partial charge in [0.15, 0.2) is 0 Å². The van der Waals surface area contributed by atoms with Crippen LogP contribution in [0.5, 0.6) is 0 Å². The van der Waals surface area contributed by atoms with Gasteiger partial charge in [-0.15, -0.1) is 0 Å². The van der Waals surface area contributed by atoms with Crippen LogP contribution in [0.25, 0.3) is 10.8 Å². The molecular weight excluding hydrogens is 262 g/mol. The number of benzene rings is 2. The summed E-state index contributed by atoms with van der Waals surface area (Å²) < 4.78 is 0. The summed E-state index contributed by atoms with van der Waals surface area (Å²) in [6.45, 7) is 7.28. The van der Waals surface area contributed by atoms with E-state index in [0.717, 1.165) is 13.1 Å². The maximum absolute atomic E-state index is 11.3. The van der Waals surface area contributed by atoms with Crippen LogP contribution in [0.2, 0.25) is 0 Å². The minimum absolute atomic E-state index is 0.624. The highest BCUT2D eigenvalue weighted by Crippen LogP contribution is 2.28. The fourth-order valence-electron chi connectivity index (χ4n) is 2.45. The summed E-state index contributed by atoms with van der Waals surface area (Å²) in [5, 5.41) is 11.7. The number of hydrogen-bond donors (Lipinski definition) is 1. The van der Waals surface area contributed by atoms with Crippen molar-refractivity contribution < 1.29 is 9.90 Å². The number of carboxylic acid groups (broad SMARTS) is 1. The van der Waals surface area contributed by atoms with Crippen molar-refractivity contribution >= 4 is 22.4 Å². The summed E-state index contributed by atoms with van der Waals surface area (Å²) in [4.78, 5) is 13.5. The topological polar surface area (TPSA) is 40.5 Å². The fourth-order valence-corrected chi connectivity index (χ4v) is 2.45. The highest BCUT2D eigenvalue weighted by atomic mass is 16.4. The van der Waals surface area contributed by atoms with E-state index in [2.05, 4.69) is 42.2 Å². The molecule has 0 heterocycles. The molecule has 0 unspecified atom stereocenters. The molecule has 2 aromatic rings. The number of aliphatic carboxylic acids is 1. The Kier molecular flexibility index (Phi) is 4.51. The molecule has 2 aromatic carbocycles. The Hall–Kier alpha value is -2.03. The SMILES string of the molecule is CCN(CCC(C)(C)C(=O)O)c1cccc2ccccc12. The second-order valence-corrected chi connectivity index (χ2v) is 6.02. The number of nitrogens with zero attached hydrogens (tertiary/aromatic N) is 1. The third-order valence-corrected chi connectivity index (χ3v) is 4.07. The fraction of sp³-hybridized carbons (Fsp3) is 0.389. The molecular formula is C18H23NO2. The largest absolute Gasteiger partial charge is 0.481 e. The van der Waals surface area contributed by atoms with E-state index in [9.17, 15) is 9.90 Å². The standard InChI is InChI=1S/C18H23NO2/c1-4-19(13-12-18(2,3)17(20)21)16-11-7-9-14-8-5-6-10-15(14)16/h5-11H,4,12-13H2,1-3H3,(H,20,21). The zero-order valence-electron chi connectivity index (χ0n) is 13.0. The van der Waals surface area contributed by atoms with Crippen molar-refractivity contribution in [1.29, 1.82) is 0 Å². The van der Waals surface area contributed by atoms with Crippen LogP contribution in [-0.2, 0) is 4.79 Å². The second-order valence-electron chi connectivity index (χ2n) is 6.02. The van der Waals surface area contributed by atoms with Gasteiger partial charge >= 0.3 is 5.97 Å². The third-order valence-electron chi connectivity index (χ3n) is 4.07. The van der Waals surface area contributed by atoms with Gasteiger partial charge in [-0.25, -0.2) is 0 Å². The Morgan fingerprint density at radius 1 is 1.14 bits per heavy atom. The lowest BCUT2D eigenvalue weighted by Crippen LogP contribution is -2.32. The van der Waals surface area contributed by atoms with Gasteiger partial charge in [-0.2, -0.15) is 0 Å². The first-order valence-corrected chi connectivity index (χ1v) is 7.42. The summed E-state index contributed by atoms with van der Waals surface area (Å²) >= 11 is 0. The first-order valence-electron chi connectivity index (χ1n) is 7.42. The molecule has 0 radical (unpaired) electrons. The molecule has 0 fully saturated rings. The molecule has 0 amide bonds. The van der Waals surface area contributed by atoms with Crippen molar-refractivity contribution in [3.63, 3.8) is 0 Å². The Bertz CT molecular complexity index is 629. The van der Waals surface area contributed by atoms with Crippen LogP contribution in [0.4, 0.5) is 5.69 Å². The molecule has 3 heteroatoms. The molecule has 0 atom stereocenters. The number of carbonyl (C=O) groups is 1. The zero-order chi connectivity index (χ0) is 15.5. The van der Waals surface area contributed by atoms with Crippen LogP contribution >= 0.6 is 0 Å². The van der Waals surface area contributed by atoms with Crippen molar-refractivity contribution in [1.82, 2.24) is 0 Å². The van der Waals surface area contributed by atoms with Crippen molar-refractivity contribution in [3.8, 4) is 0 Å². The molecule has 0 aromatic heterocycles. The van der Waals surface area contributed by atoms with Gasteiger partial charge in [0, 0.05) is 24.2 Å². The summed E-state index contributed by atoms with van der Waals surface area (Å²) in [5.41, 5.74) is 0.481. The molecule has 3 nitrogen and oxygen atoms in total. The second kappa shape index (κ2) is 6.17. The lowest BCUT2D eigenvalue weighted by molar-refractivity contribution is -0.147. The normalized spacial score (nSPS) is 11.6. The Morgan fingerprint density at radius 3 is 2.48 bits per heavy atom. The van der Waals surface area contributed by atoms with Crippen LogP contribution < -0.4 is 4.90 Å². The first-order chi connectivity index (χ1) is 9.95. The first kappa shape index (κ1) is 15.4. The van der Waals surface area contributed by atoms with Gasteiger partial charge in [0.2, 0.25) is 0 Å². The molecule has 1 N–H and O–H groups in total. The van der Waals surface area contributed by atoms with Gasteiger partial charge in [0.05, 0.1) is 5.41 Å². The van der Waals surface area contributed by atoms with E-state index >= 15 is 0 Å². The molecule has 0 spiro atoms. The Balaban J connectivity index is 2.26. The van der Waals surface area contributed by atoms with E-state index < -0.39 is 11.4 Å². The predicted octanol–water partition coefficient (Wildman–Crippen LogP) is 4.17. The molecule has 0 aliphatic rings.